The Morgan fingerprint density at radius 2 is 2.25 bits per heavy atom. The monoisotopic (exact) mass is 455 g/mol. The van der Waals surface area contributed by atoms with E-state index < -0.39 is 18.3 Å². The van der Waals surface area contributed by atoms with Gasteiger partial charge in [-0.05, 0) is 18.9 Å². The second-order valence-electron chi connectivity index (χ2n) is 7.78. The Labute approximate surface area is 186 Å². The van der Waals surface area contributed by atoms with E-state index in [-0.39, 0.29) is 12.5 Å². The van der Waals surface area contributed by atoms with E-state index in [4.69, 9.17) is 10.5 Å². The molecular formula is C21H22FN7O2S. The predicted octanol–water partition coefficient (Wildman–Crippen LogP) is 3.19. The number of benzene rings is 1. The number of nitrogens with one attached hydrogen (secondary N) is 2. The summed E-state index contributed by atoms with van der Waals surface area (Å²) < 4.78 is 21.3. The summed E-state index contributed by atoms with van der Waals surface area (Å²) in [7, 11) is 1.76. The van der Waals surface area contributed by atoms with Crippen molar-refractivity contribution >= 4 is 33.8 Å². The molecule has 4 aromatic rings. The van der Waals surface area contributed by atoms with Crippen LogP contribution in [0.5, 0.6) is 0 Å². The van der Waals surface area contributed by atoms with Gasteiger partial charge < -0.3 is 15.8 Å². The summed E-state index contributed by atoms with van der Waals surface area (Å²) in [5, 5.41) is 17.6. The average Bonchev–Trinajstić information content (AvgIpc) is 3.51. The molecule has 1 fully saturated rings. The Morgan fingerprint density at radius 3 is 3.12 bits per heavy atom. The number of nitrogens with zero attached hydrogens (tertiary/aromatic N) is 4. The van der Waals surface area contributed by atoms with E-state index in [0.29, 0.717) is 34.9 Å². The fraction of sp³-hybridized carbons (Fsp3) is 0.333. The molecule has 1 saturated heterocycles. The van der Waals surface area contributed by atoms with Gasteiger partial charge in [-0.1, -0.05) is 12.1 Å². The molecule has 0 aliphatic carbocycles. The van der Waals surface area contributed by atoms with Gasteiger partial charge >= 0.3 is 0 Å². The summed E-state index contributed by atoms with van der Waals surface area (Å²) in [5.74, 6) is -0.354. The number of aryl methyl sites for hydroxylation is 1. The van der Waals surface area contributed by atoms with Gasteiger partial charge in [0.15, 0.2) is 0 Å². The third kappa shape index (κ3) is 3.78. The van der Waals surface area contributed by atoms with E-state index in [9.17, 15) is 9.18 Å². The fourth-order valence-electron chi connectivity index (χ4n) is 3.92. The first-order chi connectivity index (χ1) is 15.5. The number of thiazole rings is 1. The van der Waals surface area contributed by atoms with Gasteiger partial charge in [-0.15, -0.1) is 11.3 Å². The van der Waals surface area contributed by atoms with Crippen molar-refractivity contribution in [2.75, 3.05) is 11.9 Å². The van der Waals surface area contributed by atoms with Crippen LogP contribution in [0, 0.1) is 0 Å². The van der Waals surface area contributed by atoms with Crippen LogP contribution in [0.1, 0.15) is 35.1 Å². The highest BCUT2D eigenvalue weighted by Gasteiger charge is 2.30. The summed E-state index contributed by atoms with van der Waals surface area (Å²) in [4.78, 5) is 17.5. The lowest BCUT2D eigenvalue weighted by atomic mass is 10.0. The highest BCUT2D eigenvalue weighted by Crippen LogP contribution is 2.33. The second kappa shape index (κ2) is 8.41. The molecule has 0 saturated carbocycles. The third-order valence-electron chi connectivity index (χ3n) is 5.67. The number of amides is 1. The normalized spacial score (nSPS) is 21.5. The SMILES string of the molecule is Cn1ncc(NC(=O)c2csc(-c3cccc4cn[nH]c34)n2)c1[C@@H]1CC[C@@H](N)[C@H](F)CO1. The molecular weight excluding hydrogens is 433 g/mol. The Kier molecular flexibility index (Phi) is 5.45. The van der Waals surface area contributed by atoms with Crippen LogP contribution >= 0.6 is 11.3 Å². The van der Waals surface area contributed by atoms with Gasteiger partial charge in [0.1, 0.15) is 23.0 Å². The van der Waals surface area contributed by atoms with Crippen molar-refractivity contribution in [3.63, 3.8) is 0 Å². The Hall–Kier alpha value is -3.15. The fourth-order valence-corrected chi connectivity index (χ4v) is 4.75. The number of halogens is 1. The molecule has 0 unspecified atom stereocenters. The van der Waals surface area contributed by atoms with Crippen LogP contribution in [-0.2, 0) is 11.8 Å². The van der Waals surface area contributed by atoms with Crippen molar-refractivity contribution in [2.45, 2.75) is 31.2 Å². The van der Waals surface area contributed by atoms with Crippen LogP contribution in [0.3, 0.4) is 0 Å². The maximum atomic E-state index is 13.9. The van der Waals surface area contributed by atoms with E-state index in [0.717, 1.165) is 16.5 Å². The summed E-state index contributed by atoms with van der Waals surface area (Å²) >= 11 is 1.38. The molecule has 3 aromatic heterocycles. The van der Waals surface area contributed by atoms with Gasteiger partial charge in [-0.3, -0.25) is 14.6 Å². The number of para-hydroxylation sites is 1. The van der Waals surface area contributed by atoms with E-state index in [1.54, 1.807) is 29.5 Å². The molecule has 4 N–H and O–H groups in total. The zero-order valence-corrected chi connectivity index (χ0v) is 18.1. The number of carbonyl (C=O) groups excluding carboxylic acids is 1. The summed E-state index contributed by atoms with van der Waals surface area (Å²) in [6.07, 6.45) is 2.72. The minimum absolute atomic E-state index is 0.0843. The zero-order chi connectivity index (χ0) is 22.2. The number of alkyl halides is 1. The van der Waals surface area contributed by atoms with Gasteiger partial charge in [0.05, 0.1) is 35.9 Å². The van der Waals surface area contributed by atoms with Crippen molar-refractivity contribution in [3.8, 4) is 10.6 Å². The van der Waals surface area contributed by atoms with Crippen LogP contribution in [0.4, 0.5) is 10.1 Å². The number of hydrogen-bond donors (Lipinski definition) is 3. The molecule has 1 aliphatic rings. The molecule has 11 heteroatoms. The summed E-state index contributed by atoms with van der Waals surface area (Å²) in [6, 6.07) is 5.27. The zero-order valence-electron chi connectivity index (χ0n) is 17.3. The molecule has 9 nitrogen and oxygen atoms in total. The van der Waals surface area contributed by atoms with Gasteiger partial charge in [0.25, 0.3) is 5.91 Å². The molecule has 0 radical (unpaired) electrons. The van der Waals surface area contributed by atoms with Gasteiger partial charge in [-0.25, -0.2) is 9.37 Å². The average molecular weight is 456 g/mol. The summed E-state index contributed by atoms with van der Waals surface area (Å²) in [5.41, 5.74) is 9.09. The number of fused-ring (bicyclic) bond motifs is 1. The Balaban J connectivity index is 1.37. The standard InChI is InChI=1S/C21H22FN7O2S/c1-29-19(17-6-5-14(23)13(22)9-31-17)15(8-25-29)26-20(30)16-10-32-21(27-16)12-4-2-3-11-7-24-28-18(11)12/h2-4,7-8,10,13-14,17H,5-6,9,23H2,1H3,(H,24,28)(H,26,30)/t13-,14-,17+/m1/s1. The maximum Gasteiger partial charge on any atom is 0.275 e. The highest BCUT2D eigenvalue weighted by molar-refractivity contribution is 7.13. The first-order valence-electron chi connectivity index (χ1n) is 10.2. The van der Waals surface area contributed by atoms with Crippen LogP contribution in [-0.4, -0.2) is 49.7 Å². The van der Waals surface area contributed by atoms with Crippen molar-refractivity contribution in [1.82, 2.24) is 25.0 Å². The quantitative estimate of drug-likeness (QED) is 0.434. The first kappa shape index (κ1) is 20.7. The maximum absolute atomic E-state index is 13.9. The van der Waals surface area contributed by atoms with Crippen LogP contribution in [0.15, 0.2) is 36.0 Å². The van der Waals surface area contributed by atoms with Crippen molar-refractivity contribution in [1.29, 1.82) is 0 Å². The van der Waals surface area contributed by atoms with Crippen molar-refractivity contribution in [3.05, 3.63) is 47.4 Å². The van der Waals surface area contributed by atoms with Crippen molar-refractivity contribution in [2.24, 2.45) is 12.8 Å². The van der Waals surface area contributed by atoms with E-state index in [1.165, 1.54) is 11.3 Å². The topological polar surface area (TPSA) is 124 Å². The van der Waals surface area contributed by atoms with Gasteiger partial charge in [0, 0.05) is 29.4 Å². The van der Waals surface area contributed by atoms with Gasteiger partial charge in [0.2, 0.25) is 0 Å². The molecule has 1 aliphatic heterocycles. The van der Waals surface area contributed by atoms with E-state index >= 15 is 0 Å². The molecule has 166 valence electrons. The smallest absolute Gasteiger partial charge is 0.275 e. The lowest BCUT2D eigenvalue weighted by Crippen LogP contribution is -2.32. The second-order valence-corrected chi connectivity index (χ2v) is 8.64. The summed E-state index contributed by atoms with van der Waals surface area (Å²) in [6.45, 7) is -0.0843. The van der Waals surface area contributed by atoms with Gasteiger partial charge in [-0.2, -0.15) is 10.2 Å². The molecule has 4 heterocycles. The number of H-pyrrole nitrogens is 1. The lowest BCUT2D eigenvalue weighted by Gasteiger charge is -2.17. The number of carbonyl (C=O) groups is 1. The molecule has 5 rings (SSSR count). The highest BCUT2D eigenvalue weighted by atomic mass is 32.1. The number of nitrogens with two attached hydrogens (primary N) is 1. The lowest BCUT2D eigenvalue weighted by molar-refractivity contribution is 0.0247. The van der Waals surface area contributed by atoms with E-state index in [1.807, 2.05) is 18.2 Å². The Morgan fingerprint density at radius 1 is 1.38 bits per heavy atom. The molecule has 3 atom stereocenters. The number of hydrogen-bond acceptors (Lipinski definition) is 7. The third-order valence-corrected chi connectivity index (χ3v) is 6.54. The van der Waals surface area contributed by atoms with E-state index in [2.05, 4.69) is 25.6 Å². The molecule has 0 bridgehead atoms. The van der Waals surface area contributed by atoms with Crippen LogP contribution in [0.25, 0.3) is 21.5 Å². The first-order valence-corrected chi connectivity index (χ1v) is 11.1. The number of anilines is 1. The van der Waals surface area contributed by atoms with Crippen molar-refractivity contribution < 1.29 is 13.9 Å². The number of aromatic nitrogens is 5. The molecule has 32 heavy (non-hydrogen) atoms. The number of rotatable bonds is 4. The van der Waals surface area contributed by atoms with Crippen LogP contribution < -0.4 is 11.1 Å². The molecule has 1 aromatic carbocycles. The van der Waals surface area contributed by atoms with Crippen LogP contribution in [0.2, 0.25) is 0 Å². The predicted molar refractivity (Wildman–Crippen MR) is 119 cm³/mol. The minimum Gasteiger partial charge on any atom is -0.369 e. The number of ether oxygens (including phenoxy) is 1. The largest absolute Gasteiger partial charge is 0.369 e. The Bertz CT molecular complexity index is 1250. The number of aromatic amines is 1. The molecule has 1 amide bonds. The minimum atomic E-state index is -1.21. The molecule has 0 spiro atoms.